The monoisotopic (exact) mass is 305 g/mol. The Morgan fingerprint density at radius 2 is 1.76 bits per heavy atom. The Bertz CT molecular complexity index is 584. The van der Waals surface area contributed by atoms with Crippen LogP contribution in [0.4, 0.5) is 0 Å². The second-order valence-electron chi connectivity index (χ2n) is 4.83. The van der Waals surface area contributed by atoms with E-state index in [1.807, 2.05) is 42.5 Å². The van der Waals surface area contributed by atoms with Crippen LogP contribution in [-0.2, 0) is 6.54 Å². The van der Waals surface area contributed by atoms with Gasteiger partial charge in [0.2, 0.25) is 0 Å². The molecule has 0 fully saturated rings. The van der Waals surface area contributed by atoms with Crippen LogP contribution in [0.25, 0.3) is 0 Å². The van der Waals surface area contributed by atoms with Gasteiger partial charge in [0.05, 0.1) is 14.2 Å². The average molecular weight is 306 g/mol. The van der Waals surface area contributed by atoms with Crippen LogP contribution in [0.15, 0.2) is 42.5 Å². The van der Waals surface area contributed by atoms with E-state index in [0.717, 1.165) is 22.1 Å². The molecule has 0 unspecified atom stereocenters. The molecule has 0 aromatic heterocycles. The van der Waals surface area contributed by atoms with Gasteiger partial charge in [-0.05, 0) is 42.8 Å². The predicted octanol–water partition coefficient (Wildman–Crippen LogP) is 4.21. The predicted molar refractivity (Wildman–Crippen MR) is 86.3 cm³/mol. The normalized spacial score (nSPS) is 12.0. The van der Waals surface area contributed by atoms with E-state index in [0.29, 0.717) is 6.54 Å². The number of hydrogen-bond acceptors (Lipinski definition) is 3. The van der Waals surface area contributed by atoms with E-state index in [4.69, 9.17) is 21.1 Å². The molecule has 112 valence electrons. The summed E-state index contributed by atoms with van der Waals surface area (Å²) in [5, 5.41) is 4.23. The van der Waals surface area contributed by atoms with Crippen LogP contribution < -0.4 is 14.8 Å². The number of ether oxygens (including phenoxy) is 2. The quantitative estimate of drug-likeness (QED) is 0.867. The molecule has 0 heterocycles. The van der Waals surface area contributed by atoms with Crippen molar-refractivity contribution in [3.63, 3.8) is 0 Å². The number of hydrogen-bond donors (Lipinski definition) is 1. The number of halogens is 1. The van der Waals surface area contributed by atoms with Crippen LogP contribution in [0.3, 0.4) is 0 Å². The van der Waals surface area contributed by atoms with Crippen molar-refractivity contribution < 1.29 is 9.47 Å². The topological polar surface area (TPSA) is 30.5 Å². The number of benzene rings is 2. The second-order valence-corrected chi connectivity index (χ2v) is 5.27. The Balaban J connectivity index is 2.06. The summed E-state index contributed by atoms with van der Waals surface area (Å²) < 4.78 is 10.6. The summed E-state index contributed by atoms with van der Waals surface area (Å²) in [6.45, 7) is 2.82. The zero-order chi connectivity index (χ0) is 15.2. The molecule has 3 nitrogen and oxygen atoms in total. The molecule has 0 radical (unpaired) electrons. The lowest BCUT2D eigenvalue weighted by Crippen LogP contribution is -2.18. The minimum Gasteiger partial charge on any atom is -0.497 e. The van der Waals surface area contributed by atoms with Gasteiger partial charge in [-0.15, -0.1) is 0 Å². The van der Waals surface area contributed by atoms with Crippen molar-refractivity contribution in [2.24, 2.45) is 0 Å². The fourth-order valence-corrected chi connectivity index (χ4v) is 2.28. The fourth-order valence-electron chi connectivity index (χ4n) is 2.15. The highest BCUT2D eigenvalue weighted by Crippen LogP contribution is 2.25. The molecule has 1 atom stereocenters. The molecule has 0 spiro atoms. The lowest BCUT2D eigenvalue weighted by molar-refractivity contribution is 0.395. The first kappa shape index (κ1) is 15.7. The number of nitrogens with one attached hydrogen (secondary N) is 1. The van der Waals surface area contributed by atoms with Gasteiger partial charge in [-0.25, -0.2) is 0 Å². The highest BCUT2D eigenvalue weighted by molar-refractivity contribution is 6.30. The first-order valence-corrected chi connectivity index (χ1v) is 7.21. The molecule has 0 aliphatic heterocycles. The maximum absolute atomic E-state index is 5.91. The van der Waals surface area contributed by atoms with Gasteiger partial charge in [0.1, 0.15) is 11.5 Å². The summed E-state index contributed by atoms with van der Waals surface area (Å²) in [7, 11) is 3.34. The smallest absolute Gasteiger partial charge is 0.123 e. The van der Waals surface area contributed by atoms with Gasteiger partial charge in [0, 0.05) is 23.2 Å². The Morgan fingerprint density at radius 3 is 2.38 bits per heavy atom. The zero-order valence-electron chi connectivity index (χ0n) is 12.5. The summed E-state index contributed by atoms with van der Waals surface area (Å²) in [5.41, 5.74) is 2.26. The molecule has 1 N–H and O–H groups in total. The van der Waals surface area contributed by atoms with E-state index in [-0.39, 0.29) is 6.04 Å². The van der Waals surface area contributed by atoms with Crippen LogP contribution in [-0.4, -0.2) is 14.2 Å². The van der Waals surface area contributed by atoms with Gasteiger partial charge in [0.15, 0.2) is 0 Å². The van der Waals surface area contributed by atoms with Crippen molar-refractivity contribution in [1.29, 1.82) is 0 Å². The lowest BCUT2D eigenvalue weighted by Gasteiger charge is -2.16. The Kier molecular flexibility index (Phi) is 5.48. The molecule has 21 heavy (non-hydrogen) atoms. The molecular weight excluding hydrogens is 286 g/mol. The number of rotatable bonds is 6. The molecule has 4 heteroatoms. The molecule has 2 aromatic rings. The zero-order valence-corrected chi connectivity index (χ0v) is 13.3. The number of methoxy groups -OCH3 is 2. The maximum Gasteiger partial charge on any atom is 0.123 e. The molecule has 0 amide bonds. The highest BCUT2D eigenvalue weighted by Gasteiger charge is 2.08. The van der Waals surface area contributed by atoms with Gasteiger partial charge in [-0.3, -0.25) is 0 Å². The third-order valence-electron chi connectivity index (χ3n) is 3.46. The van der Waals surface area contributed by atoms with Gasteiger partial charge in [0.25, 0.3) is 0 Å². The highest BCUT2D eigenvalue weighted by atomic mass is 35.5. The lowest BCUT2D eigenvalue weighted by atomic mass is 10.1. The second kappa shape index (κ2) is 7.34. The summed E-state index contributed by atoms with van der Waals surface area (Å²) >= 11 is 5.91. The van der Waals surface area contributed by atoms with Crippen LogP contribution in [0.1, 0.15) is 24.1 Å². The van der Waals surface area contributed by atoms with Gasteiger partial charge >= 0.3 is 0 Å². The van der Waals surface area contributed by atoms with Gasteiger partial charge in [-0.2, -0.15) is 0 Å². The minimum absolute atomic E-state index is 0.221. The van der Waals surface area contributed by atoms with E-state index < -0.39 is 0 Å². The van der Waals surface area contributed by atoms with Gasteiger partial charge in [-0.1, -0.05) is 23.7 Å². The van der Waals surface area contributed by atoms with Crippen molar-refractivity contribution in [2.75, 3.05) is 14.2 Å². The molecule has 0 aliphatic rings. The van der Waals surface area contributed by atoms with Crippen molar-refractivity contribution >= 4 is 11.6 Å². The van der Waals surface area contributed by atoms with Crippen molar-refractivity contribution in [3.05, 3.63) is 58.6 Å². The minimum atomic E-state index is 0.221. The van der Waals surface area contributed by atoms with Crippen molar-refractivity contribution in [1.82, 2.24) is 5.32 Å². The van der Waals surface area contributed by atoms with Crippen LogP contribution in [0, 0.1) is 0 Å². The first-order valence-electron chi connectivity index (χ1n) is 6.83. The standard InChI is InChI=1S/C17H20ClNO2/c1-12(13-4-6-15(18)7-5-13)19-11-14-10-16(20-2)8-9-17(14)21-3/h4-10,12,19H,11H2,1-3H3/t12-/m0/s1. The van der Waals surface area contributed by atoms with E-state index in [1.54, 1.807) is 14.2 Å². The van der Waals surface area contributed by atoms with Crippen molar-refractivity contribution in [3.8, 4) is 11.5 Å². The van der Waals surface area contributed by atoms with Crippen LogP contribution in [0.5, 0.6) is 11.5 Å². The molecule has 0 aliphatic carbocycles. The SMILES string of the molecule is COc1ccc(OC)c(CN[C@@H](C)c2ccc(Cl)cc2)c1. The van der Waals surface area contributed by atoms with E-state index >= 15 is 0 Å². The van der Waals surface area contributed by atoms with E-state index in [1.165, 1.54) is 5.56 Å². The largest absolute Gasteiger partial charge is 0.497 e. The Labute approximate surface area is 130 Å². The fraction of sp³-hybridized carbons (Fsp3) is 0.294. The van der Waals surface area contributed by atoms with Crippen molar-refractivity contribution in [2.45, 2.75) is 19.5 Å². The molecular formula is C17H20ClNO2. The third kappa shape index (κ3) is 4.13. The van der Waals surface area contributed by atoms with Crippen LogP contribution in [0.2, 0.25) is 5.02 Å². The Hall–Kier alpha value is -1.71. The molecule has 0 saturated heterocycles. The van der Waals surface area contributed by atoms with E-state index in [2.05, 4.69) is 12.2 Å². The van der Waals surface area contributed by atoms with Gasteiger partial charge < -0.3 is 14.8 Å². The molecule has 2 rings (SSSR count). The summed E-state index contributed by atoms with van der Waals surface area (Å²) in [6.07, 6.45) is 0. The van der Waals surface area contributed by atoms with Crippen LogP contribution >= 0.6 is 11.6 Å². The summed E-state index contributed by atoms with van der Waals surface area (Å²) in [4.78, 5) is 0. The first-order chi connectivity index (χ1) is 10.1. The molecule has 2 aromatic carbocycles. The van der Waals surface area contributed by atoms with E-state index in [9.17, 15) is 0 Å². The maximum atomic E-state index is 5.91. The average Bonchev–Trinajstić information content (AvgIpc) is 2.52. The summed E-state index contributed by atoms with van der Waals surface area (Å²) in [5.74, 6) is 1.68. The summed E-state index contributed by atoms with van der Waals surface area (Å²) in [6, 6.07) is 13.9. The third-order valence-corrected chi connectivity index (χ3v) is 3.71. The Morgan fingerprint density at radius 1 is 1.05 bits per heavy atom. The molecule has 0 saturated carbocycles. The molecule has 0 bridgehead atoms.